The molecule has 0 saturated carbocycles. The Morgan fingerprint density at radius 1 is 0.500 bits per heavy atom. The molecule has 0 rings (SSSR count). The van der Waals surface area contributed by atoms with Crippen molar-refractivity contribution in [3.63, 3.8) is 0 Å². The highest BCUT2D eigenvalue weighted by atomic mass is 79.9. The number of halogens is 2. The third kappa shape index (κ3) is 22.5. The maximum atomic E-state index is 2.56. The Morgan fingerprint density at radius 2 is 0.868 bits per heavy atom. The van der Waals surface area contributed by atoms with E-state index >= 15 is 0 Å². The van der Waals surface area contributed by atoms with Gasteiger partial charge in [-0.05, 0) is 53.6 Å². The molecule has 0 fully saturated rings. The molecule has 0 bridgehead atoms. The van der Waals surface area contributed by atoms with Gasteiger partial charge in [-0.2, -0.15) is 0 Å². The molecule has 0 aromatic rings. The van der Waals surface area contributed by atoms with Gasteiger partial charge in [-0.1, -0.05) is 104 Å². The summed E-state index contributed by atoms with van der Waals surface area (Å²) in [6.45, 7) is 14.7. The molecule has 0 aromatic carbocycles. The molecule has 0 amide bonds. The molecule has 234 valence electrons. The summed E-state index contributed by atoms with van der Waals surface area (Å²) in [6.07, 6.45) is 25.6. The topological polar surface area (TPSA) is 3.24 Å². The molecule has 0 saturated heterocycles. The van der Waals surface area contributed by atoms with Gasteiger partial charge in [0.2, 0.25) is 0 Å². The predicted molar refractivity (Wildman–Crippen MR) is 165 cm³/mol. The molecule has 0 spiro atoms. The quantitative estimate of drug-likeness (QED) is 0.101. The van der Waals surface area contributed by atoms with Gasteiger partial charge >= 0.3 is 0 Å². The highest BCUT2D eigenvalue weighted by molar-refractivity contribution is 4.59. The first-order valence-corrected chi connectivity index (χ1v) is 16.4. The summed E-state index contributed by atoms with van der Waals surface area (Å²) in [7, 11) is 12.0. The fraction of sp³-hybridized carbons (Fsp3) is 1.00. The molecule has 0 aliphatic rings. The summed E-state index contributed by atoms with van der Waals surface area (Å²) < 4.78 is 2.41. The van der Waals surface area contributed by atoms with Crippen LogP contribution in [0, 0.1) is 0 Å². The lowest BCUT2D eigenvalue weighted by Gasteiger charge is -2.44. The van der Waals surface area contributed by atoms with E-state index in [1.807, 2.05) is 0 Å². The minimum atomic E-state index is 0. The Kier molecular flexibility index (Phi) is 30.4. The van der Waals surface area contributed by atoms with Crippen LogP contribution in [0.15, 0.2) is 0 Å². The number of unbranched alkanes of at least 4 members (excludes halogenated alkanes) is 14. The van der Waals surface area contributed by atoms with Crippen molar-refractivity contribution in [1.82, 2.24) is 4.90 Å². The van der Waals surface area contributed by atoms with Crippen LogP contribution < -0.4 is 34.0 Å². The van der Waals surface area contributed by atoms with E-state index in [4.69, 9.17) is 0 Å². The molecule has 0 aliphatic heterocycles. The Morgan fingerprint density at radius 3 is 1.26 bits per heavy atom. The molecule has 3 atom stereocenters. The van der Waals surface area contributed by atoms with E-state index in [1.54, 1.807) is 0 Å². The third-order valence-corrected chi connectivity index (χ3v) is 9.45. The van der Waals surface area contributed by atoms with Gasteiger partial charge in [-0.3, -0.25) is 0 Å². The van der Waals surface area contributed by atoms with Crippen molar-refractivity contribution >= 4 is 0 Å². The molecule has 0 radical (unpaired) electrons. The lowest BCUT2D eigenvalue weighted by molar-refractivity contribution is -0.976. The molecule has 3 unspecified atom stereocenters. The average Bonchev–Trinajstić information content (AvgIpc) is 2.84. The van der Waals surface area contributed by atoms with Crippen LogP contribution in [0.2, 0.25) is 0 Å². The van der Waals surface area contributed by atoms with Crippen LogP contribution in [-0.2, 0) is 0 Å². The Balaban J connectivity index is -0.00000612. The average molecular weight is 672 g/mol. The highest BCUT2D eigenvalue weighted by Gasteiger charge is 2.33. The molecule has 0 aliphatic carbocycles. The van der Waals surface area contributed by atoms with Crippen molar-refractivity contribution in [1.29, 1.82) is 0 Å². The zero-order valence-electron chi connectivity index (χ0n) is 27.8. The van der Waals surface area contributed by atoms with Crippen molar-refractivity contribution < 1.29 is 42.9 Å². The second-order valence-corrected chi connectivity index (χ2v) is 13.5. The van der Waals surface area contributed by atoms with Gasteiger partial charge in [0.1, 0.15) is 13.1 Å². The van der Waals surface area contributed by atoms with Gasteiger partial charge in [0.15, 0.2) is 0 Å². The van der Waals surface area contributed by atoms with Crippen LogP contribution in [0.3, 0.4) is 0 Å². The summed E-state index contributed by atoms with van der Waals surface area (Å²) in [5, 5.41) is 0. The van der Waals surface area contributed by atoms with E-state index in [2.05, 4.69) is 67.8 Å². The van der Waals surface area contributed by atoms with E-state index in [9.17, 15) is 0 Å². The predicted octanol–water partition coefficient (Wildman–Crippen LogP) is 2.92. The molecule has 0 N–H and O–H groups in total. The van der Waals surface area contributed by atoms with Crippen LogP contribution in [0.1, 0.15) is 143 Å². The lowest BCUT2D eigenvalue weighted by atomic mass is 10.0. The number of hydrogen-bond acceptors (Lipinski definition) is 1. The molecule has 38 heavy (non-hydrogen) atoms. The fourth-order valence-corrected chi connectivity index (χ4v) is 5.50. The van der Waals surface area contributed by atoms with Crippen molar-refractivity contribution in [3.05, 3.63) is 0 Å². The summed E-state index contributed by atoms with van der Waals surface area (Å²) in [6, 6.07) is 1.52. The number of rotatable bonds is 26. The van der Waals surface area contributed by atoms with Gasteiger partial charge in [-0.25, -0.2) is 0 Å². The largest absolute Gasteiger partial charge is 1.00 e. The van der Waals surface area contributed by atoms with E-state index in [0.717, 1.165) is 12.1 Å². The Hall–Kier alpha value is 0.840. The second-order valence-electron chi connectivity index (χ2n) is 13.5. The van der Waals surface area contributed by atoms with Crippen molar-refractivity contribution in [2.75, 3.05) is 61.4 Å². The van der Waals surface area contributed by atoms with Crippen LogP contribution in [0.25, 0.3) is 0 Å². The molecule has 0 heterocycles. The first kappa shape index (κ1) is 43.3. The first-order valence-electron chi connectivity index (χ1n) is 16.4. The molecular formula is C33H73Br2N3. The monoisotopic (exact) mass is 669 g/mol. The SMILES string of the molecule is CCCCCCCCCCC(C)[N+](C)(C)CC[N+](C)(CCN(C)C)C(C)CCCCCCCCCC.[Br-].[Br-]. The number of quaternary nitrogens is 2. The van der Waals surface area contributed by atoms with Crippen LogP contribution in [-0.4, -0.2) is 87.4 Å². The Bertz CT molecular complexity index is 487. The normalized spacial score (nSPS) is 15.0. The minimum Gasteiger partial charge on any atom is -1.00 e. The van der Waals surface area contributed by atoms with Crippen molar-refractivity contribution in [3.8, 4) is 0 Å². The molecule has 0 aromatic heterocycles. The molecule has 5 heteroatoms. The third-order valence-electron chi connectivity index (χ3n) is 9.45. The zero-order valence-corrected chi connectivity index (χ0v) is 31.0. The fourth-order valence-electron chi connectivity index (χ4n) is 5.50. The van der Waals surface area contributed by atoms with E-state index < -0.39 is 0 Å². The van der Waals surface area contributed by atoms with E-state index in [0.29, 0.717) is 0 Å². The van der Waals surface area contributed by atoms with Gasteiger partial charge in [0.05, 0.1) is 39.8 Å². The van der Waals surface area contributed by atoms with Crippen LogP contribution in [0.5, 0.6) is 0 Å². The summed E-state index contributed by atoms with van der Waals surface area (Å²) in [4.78, 5) is 2.38. The highest BCUT2D eigenvalue weighted by Crippen LogP contribution is 2.21. The summed E-state index contributed by atoms with van der Waals surface area (Å²) >= 11 is 0. The van der Waals surface area contributed by atoms with Gasteiger partial charge in [-0.15, -0.1) is 0 Å². The lowest BCUT2D eigenvalue weighted by Crippen LogP contribution is -3.00. The zero-order chi connectivity index (χ0) is 27.3. The van der Waals surface area contributed by atoms with E-state index in [-0.39, 0.29) is 34.0 Å². The maximum absolute atomic E-state index is 2.56. The van der Waals surface area contributed by atoms with Crippen molar-refractivity contribution in [2.24, 2.45) is 0 Å². The minimum absolute atomic E-state index is 0. The standard InChI is InChI=1S/C33H73N3.2BrH/c1-10-12-14-16-18-20-22-24-26-32(3)35(7,8)30-31-36(9,29-28-34(5)6)33(4)27-25-23-21-19-17-15-13-11-2;;/h32-33H,10-31H2,1-9H3;2*1H/q+2;;/p-2. The Labute approximate surface area is 263 Å². The molecule has 3 nitrogen and oxygen atoms in total. The van der Waals surface area contributed by atoms with Gasteiger partial charge in [0.25, 0.3) is 0 Å². The maximum Gasteiger partial charge on any atom is 0.129 e. The van der Waals surface area contributed by atoms with Crippen LogP contribution in [0.4, 0.5) is 0 Å². The number of likely N-dealkylation sites (N-methyl/N-ethyl adjacent to an activating group) is 3. The van der Waals surface area contributed by atoms with Crippen LogP contribution >= 0.6 is 0 Å². The smallest absolute Gasteiger partial charge is 0.129 e. The summed E-state index contributed by atoms with van der Waals surface area (Å²) in [5.74, 6) is 0. The second kappa shape index (κ2) is 26.7. The van der Waals surface area contributed by atoms with Gasteiger partial charge < -0.3 is 47.8 Å². The number of nitrogens with zero attached hydrogens (tertiary/aromatic N) is 3. The van der Waals surface area contributed by atoms with Gasteiger partial charge in [0, 0.05) is 6.54 Å². The molecular weight excluding hydrogens is 598 g/mol. The van der Waals surface area contributed by atoms with Crippen molar-refractivity contribution in [2.45, 2.75) is 155 Å². The summed E-state index contributed by atoms with van der Waals surface area (Å²) in [5.41, 5.74) is 0. The number of hydrogen-bond donors (Lipinski definition) is 0. The van der Waals surface area contributed by atoms with E-state index in [1.165, 1.54) is 151 Å². The first-order chi connectivity index (χ1) is 17.1.